The van der Waals surface area contributed by atoms with E-state index in [2.05, 4.69) is 15.2 Å². The second kappa shape index (κ2) is 4.86. The van der Waals surface area contributed by atoms with E-state index in [9.17, 15) is 0 Å². The average molecular weight is 238 g/mol. The Hall–Kier alpha value is -1.73. The Kier molecular flexibility index (Phi) is 3.28. The van der Waals surface area contributed by atoms with Gasteiger partial charge in [0.1, 0.15) is 6.61 Å². The zero-order chi connectivity index (χ0) is 11.4. The number of nitrogens with two attached hydrogens (primary N) is 1. The van der Waals surface area contributed by atoms with E-state index in [1.54, 1.807) is 18.3 Å². The van der Waals surface area contributed by atoms with Gasteiger partial charge in [-0.25, -0.2) is 0 Å². The molecule has 0 bridgehead atoms. The summed E-state index contributed by atoms with van der Waals surface area (Å²) in [5.41, 5.74) is 6.93. The molecule has 0 fully saturated rings. The molecule has 0 aliphatic carbocycles. The van der Waals surface area contributed by atoms with E-state index in [4.69, 9.17) is 15.6 Å². The molecule has 0 unspecified atom stereocenters. The summed E-state index contributed by atoms with van der Waals surface area (Å²) >= 11 is 1.18. The molecule has 6 nitrogen and oxygen atoms in total. The van der Waals surface area contributed by atoms with Gasteiger partial charge in [-0.2, -0.15) is 0 Å². The highest BCUT2D eigenvalue weighted by molar-refractivity contribution is 7.16. The van der Waals surface area contributed by atoms with Crippen LogP contribution in [0.2, 0.25) is 0 Å². The summed E-state index contributed by atoms with van der Waals surface area (Å²) in [4.78, 5) is 4.11. The molecule has 2 aromatic rings. The lowest BCUT2D eigenvalue weighted by atomic mass is 10.3. The highest BCUT2D eigenvalue weighted by Crippen LogP contribution is 2.19. The van der Waals surface area contributed by atoms with Gasteiger partial charge in [0, 0.05) is 6.20 Å². The smallest absolute Gasteiger partial charge is 0.296 e. The third kappa shape index (κ3) is 2.65. The predicted molar refractivity (Wildman–Crippen MR) is 58.8 cm³/mol. The van der Waals surface area contributed by atoms with Gasteiger partial charge in [0.2, 0.25) is 5.13 Å². The Labute approximate surface area is 95.7 Å². The van der Waals surface area contributed by atoms with Crippen molar-refractivity contribution in [3.8, 4) is 5.19 Å². The maximum Gasteiger partial charge on any atom is 0.296 e. The summed E-state index contributed by atoms with van der Waals surface area (Å²) in [7, 11) is 0. The van der Waals surface area contributed by atoms with Gasteiger partial charge in [-0.15, -0.1) is 5.10 Å². The van der Waals surface area contributed by atoms with E-state index >= 15 is 0 Å². The first-order valence-electron chi connectivity index (χ1n) is 4.54. The molecule has 0 saturated heterocycles. The molecule has 0 spiro atoms. The van der Waals surface area contributed by atoms with Crippen LogP contribution in [0, 0.1) is 0 Å². The van der Waals surface area contributed by atoms with Gasteiger partial charge in [-0.1, -0.05) is 11.2 Å². The first kappa shape index (κ1) is 10.8. The van der Waals surface area contributed by atoms with Crippen LogP contribution in [0.3, 0.4) is 0 Å². The van der Waals surface area contributed by atoms with Crippen LogP contribution in [0.15, 0.2) is 18.3 Å². The van der Waals surface area contributed by atoms with Crippen LogP contribution >= 0.6 is 11.3 Å². The van der Waals surface area contributed by atoms with Crippen LogP contribution in [-0.2, 0) is 13.2 Å². The van der Waals surface area contributed by atoms with Crippen LogP contribution in [0.4, 0.5) is 5.13 Å². The lowest BCUT2D eigenvalue weighted by molar-refractivity contribution is 0.280. The molecule has 0 aliphatic heterocycles. The largest absolute Gasteiger partial charge is 0.462 e. The Morgan fingerprint density at radius 3 is 2.81 bits per heavy atom. The van der Waals surface area contributed by atoms with Gasteiger partial charge in [0.05, 0.1) is 12.3 Å². The summed E-state index contributed by atoms with van der Waals surface area (Å²) in [6.45, 7) is 0.293. The number of hydrogen-bond donors (Lipinski definition) is 2. The van der Waals surface area contributed by atoms with Crippen LogP contribution in [0.1, 0.15) is 11.3 Å². The second-order valence-electron chi connectivity index (χ2n) is 3.01. The van der Waals surface area contributed by atoms with Gasteiger partial charge >= 0.3 is 0 Å². The van der Waals surface area contributed by atoms with Crippen LogP contribution in [-0.4, -0.2) is 20.3 Å². The molecule has 0 aromatic carbocycles. The highest BCUT2D eigenvalue weighted by Gasteiger charge is 2.02. The van der Waals surface area contributed by atoms with Gasteiger partial charge in [0.15, 0.2) is 0 Å². The standard InChI is InChI=1S/C9H10N4O2S/c10-8-12-13-9(16-8)15-5-7-2-1-6(4-14)3-11-7/h1-3,14H,4-5H2,(H2,10,12). The molecular weight excluding hydrogens is 228 g/mol. The Bertz CT molecular complexity index is 457. The molecule has 2 rings (SSSR count). The third-order valence-electron chi connectivity index (χ3n) is 1.83. The van der Waals surface area contributed by atoms with Gasteiger partial charge in [0.25, 0.3) is 5.19 Å². The fourth-order valence-corrected chi connectivity index (χ4v) is 1.51. The van der Waals surface area contributed by atoms with Crippen molar-refractivity contribution in [1.82, 2.24) is 15.2 Å². The maximum absolute atomic E-state index is 8.84. The lowest BCUT2D eigenvalue weighted by Gasteiger charge is -2.01. The lowest BCUT2D eigenvalue weighted by Crippen LogP contribution is -1.98. The van der Waals surface area contributed by atoms with Gasteiger partial charge in [-0.3, -0.25) is 4.98 Å². The summed E-state index contributed by atoms with van der Waals surface area (Å²) in [5.74, 6) is 0. The van der Waals surface area contributed by atoms with E-state index in [0.717, 1.165) is 11.3 Å². The SMILES string of the molecule is Nc1nnc(OCc2ccc(CO)cn2)s1. The number of hydrogen-bond acceptors (Lipinski definition) is 7. The fraction of sp³-hybridized carbons (Fsp3) is 0.222. The van der Waals surface area contributed by atoms with Crippen molar-refractivity contribution in [2.24, 2.45) is 0 Å². The average Bonchev–Trinajstić information content (AvgIpc) is 2.73. The van der Waals surface area contributed by atoms with Crippen LogP contribution in [0.5, 0.6) is 5.19 Å². The number of anilines is 1. The third-order valence-corrected chi connectivity index (χ3v) is 2.50. The Morgan fingerprint density at radius 1 is 1.38 bits per heavy atom. The molecule has 7 heteroatoms. The van der Waals surface area contributed by atoms with Crippen LogP contribution < -0.4 is 10.5 Å². The quantitative estimate of drug-likeness (QED) is 0.809. The van der Waals surface area contributed by atoms with Crippen molar-refractivity contribution in [1.29, 1.82) is 0 Å². The number of aliphatic hydroxyl groups excluding tert-OH is 1. The fourth-order valence-electron chi connectivity index (χ4n) is 1.05. The number of aliphatic hydroxyl groups is 1. The molecule has 16 heavy (non-hydrogen) atoms. The number of nitrogen functional groups attached to an aromatic ring is 1. The molecule has 3 N–H and O–H groups in total. The van der Waals surface area contributed by atoms with Crippen molar-refractivity contribution >= 4 is 16.5 Å². The summed E-state index contributed by atoms with van der Waals surface area (Å²) in [5, 5.41) is 17.0. The monoisotopic (exact) mass is 238 g/mol. The molecule has 2 aromatic heterocycles. The predicted octanol–water partition coefficient (Wildman–Crippen LogP) is 0.587. The first-order chi connectivity index (χ1) is 7.78. The van der Waals surface area contributed by atoms with Gasteiger partial charge in [-0.05, 0) is 23.0 Å². The minimum Gasteiger partial charge on any atom is -0.462 e. The van der Waals surface area contributed by atoms with Crippen molar-refractivity contribution in [3.05, 3.63) is 29.6 Å². The normalized spacial score (nSPS) is 10.3. The van der Waals surface area contributed by atoms with E-state index in [0.29, 0.717) is 16.9 Å². The molecule has 0 saturated carbocycles. The number of pyridine rings is 1. The number of ether oxygens (including phenoxy) is 1. The van der Waals surface area contributed by atoms with Crippen molar-refractivity contribution in [2.75, 3.05) is 5.73 Å². The minimum absolute atomic E-state index is 0.0128. The molecule has 84 valence electrons. The number of rotatable bonds is 4. The zero-order valence-corrected chi connectivity index (χ0v) is 9.15. The van der Waals surface area contributed by atoms with Crippen molar-refractivity contribution in [2.45, 2.75) is 13.2 Å². The first-order valence-corrected chi connectivity index (χ1v) is 5.36. The van der Waals surface area contributed by atoms with E-state index < -0.39 is 0 Å². The summed E-state index contributed by atoms with van der Waals surface area (Å²) < 4.78 is 5.33. The van der Waals surface area contributed by atoms with Gasteiger partial charge < -0.3 is 15.6 Å². The number of aromatic nitrogens is 3. The second-order valence-corrected chi connectivity index (χ2v) is 3.98. The summed E-state index contributed by atoms with van der Waals surface area (Å²) in [6, 6.07) is 3.58. The molecular formula is C9H10N4O2S. The topological polar surface area (TPSA) is 94.2 Å². The van der Waals surface area contributed by atoms with E-state index in [1.165, 1.54) is 11.3 Å². The van der Waals surface area contributed by atoms with Crippen LogP contribution in [0.25, 0.3) is 0 Å². The Morgan fingerprint density at radius 2 is 2.25 bits per heavy atom. The van der Waals surface area contributed by atoms with E-state index in [-0.39, 0.29) is 6.61 Å². The van der Waals surface area contributed by atoms with Crippen molar-refractivity contribution < 1.29 is 9.84 Å². The minimum atomic E-state index is -0.0128. The molecule has 0 radical (unpaired) electrons. The molecule has 2 heterocycles. The number of nitrogens with zero attached hydrogens (tertiary/aromatic N) is 3. The molecule has 0 atom stereocenters. The molecule has 0 aliphatic rings. The summed E-state index contributed by atoms with van der Waals surface area (Å²) in [6.07, 6.45) is 1.60. The maximum atomic E-state index is 8.84. The Balaban J connectivity index is 1.94. The zero-order valence-electron chi connectivity index (χ0n) is 8.33. The van der Waals surface area contributed by atoms with E-state index in [1.807, 2.05) is 0 Å². The highest BCUT2D eigenvalue weighted by atomic mass is 32.1. The van der Waals surface area contributed by atoms with Crippen molar-refractivity contribution in [3.63, 3.8) is 0 Å². The molecule has 0 amide bonds.